The molecule has 0 aliphatic rings. The Morgan fingerprint density at radius 2 is 2.00 bits per heavy atom. The lowest BCUT2D eigenvalue weighted by atomic mass is 10.2. The van der Waals surface area contributed by atoms with Crippen LogP contribution >= 0.6 is 0 Å². The number of benzene rings is 1. The fourth-order valence-electron chi connectivity index (χ4n) is 1.81. The van der Waals surface area contributed by atoms with Crippen molar-refractivity contribution in [3.8, 4) is 5.69 Å². The van der Waals surface area contributed by atoms with E-state index in [2.05, 4.69) is 5.10 Å². The molecule has 1 heterocycles. The molecule has 0 saturated carbocycles. The van der Waals surface area contributed by atoms with Gasteiger partial charge in [-0.25, -0.2) is 9.07 Å². The fourth-order valence-corrected chi connectivity index (χ4v) is 1.81. The normalized spacial score (nSPS) is 10.8. The standard InChI is InChI=1S/C13H16FN3/c1-3-10-8-11(4-2)17(16-10)13-7-9(14)5-6-12(13)15/h5-8H,3-4,15H2,1-2H3. The van der Waals surface area contributed by atoms with Crippen LogP contribution in [0.2, 0.25) is 0 Å². The SMILES string of the molecule is CCc1cc(CC)n(-c2cc(F)ccc2N)n1. The smallest absolute Gasteiger partial charge is 0.125 e. The zero-order valence-corrected chi connectivity index (χ0v) is 10.1. The molecule has 0 bridgehead atoms. The molecule has 0 amide bonds. The topological polar surface area (TPSA) is 43.8 Å². The summed E-state index contributed by atoms with van der Waals surface area (Å²) in [6, 6.07) is 6.37. The van der Waals surface area contributed by atoms with Crippen molar-refractivity contribution in [3.63, 3.8) is 0 Å². The number of nitrogens with zero attached hydrogens (tertiary/aromatic N) is 2. The second-order valence-corrected chi connectivity index (χ2v) is 3.95. The van der Waals surface area contributed by atoms with Crippen LogP contribution in [-0.2, 0) is 12.8 Å². The molecule has 2 aromatic rings. The second-order valence-electron chi connectivity index (χ2n) is 3.95. The van der Waals surface area contributed by atoms with Gasteiger partial charge in [-0.2, -0.15) is 5.10 Å². The quantitative estimate of drug-likeness (QED) is 0.828. The van der Waals surface area contributed by atoms with Gasteiger partial charge in [0.2, 0.25) is 0 Å². The van der Waals surface area contributed by atoms with E-state index in [0.717, 1.165) is 24.2 Å². The lowest BCUT2D eigenvalue weighted by Crippen LogP contribution is -2.05. The van der Waals surface area contributed by atoms with E-state index in [4.69, 9.17) is 5.73 Å². The lowest BCUT2D eigenvalue weighted by Gasteiger charge is -2.08. The minimum Gasteiger partial charge on any atom is -0.397 e. The second kappa shape index (κ2) is 4.57. The van der Waals surface area contributed by atoms with Gasteiger partial charge in [-0.3, -0.25) is 0 Å². The fraction of sp³-hybridized carbons (Fsp3) is 0.308. The number of rotatable bonds is 3. The monoisotopic (exact) mass is 233 g/mol. The number of hydrogen-bond donors (Lipinski definition) is 1. The zero-order valence-electron chi connectivity index (χ0n) is 10.1. The Morgan fingerprint density at radius 3 is 2.65 bits per heavy atom. The van der Waals surface area contributed by atoms with Crippen molar-refractivity contribution in [1.29, 1.82) is 0 Å². The number of hydrogen-bond acceptors (Lipinski definition) is 2. The Bertz CT molecular complexity index is 531. The Hall–Kier alpha value is -1.84. The summed E-state index contributed by atoms with van der Waals surface area (Å²) in [5, 5.41) is 4.44. The molecular formula is C13H16FN3. The van der Waals surface area contributed by atoms with Gasteiger partial charge in [-0.05, 0) is 31.0 Å². The summed E-state index contributed by atoms with van der Waals surface area (Å²) in [6.45, 7) is 4.09. The maximum absolute atomic E-state index is 13.3. The Morgan fingerprint density at radius 1 is 1.24 bits per heavy atom. The molecule has 0 unspecified atom stereocenters. The van der Waals surface area contributed by atoms with Crippen molar-refractivity contribution in [1.82, 2.24) is 9.78 Å². The van der Waals surface area contributed by atoms with Crippen LogP contribution < -0.4 is 5.73 Å². The molecule has 0 spiro atoms. The highest BCUT2D eigenvalue weighted by atomic mass is 19.1. The molecular weight excluding hydrogens is 217 g/mol. The molecule has 0 aliphatic heterocycles. The van der Waals surface area contributed by atoms with E-state index >= 15 is 0 Å². The zero-order chi connectivity index (χ0) is 12.4. The van der Waals surface area contributed by atoms with E-state index in [-0.39, 0.29) is 5.82 Å². The molecule has 1 aromatic heterocycles. The predicted octanol–water partition coefficient (Wildman–Crippen LogP) is 2.72. The highest BCUT2D eigenvalue weighted by molar-refractivity contribution is 5.57. The number of aryl methyl sites for hydroxylation is 2. The van der Waals surface area contributed by atoms with Gasteiger partial charge in [0.25, 0.3) is 0 Å². The number of halogens is 1. The van der Waals surface area contributed by atoms with Crippen LogP contribution in [0.15, 0.2) is 24.3 Å². The Labute approximate surface area is 100 Å². The van der Waals surface area contributed by atoms with Gasteiger partial charge in [-0.1, -0.05) is 13.8 Å². The Kier molecular flexibility index (Phi) is 3.13. The molecule has 1 aromatic carbocycles. The Balaban J connectivity index is 2.58. The predicted molar refractivity (Wildman–Crippen MR) is 66.7 cm³/mol. The van der Waals surface area contributed by atoms with Crippen molar-refractivity contribution >= 4 is 5.69 Å². The highest BCUT2D eigenvalue weighted by Gasteiger charge is 2.10. The van der Waals surface area contributed by atoms with E-state index in [1.807, 2.05) is 19.9 Å². The summed E-state index contributed by atoms with van der Waals surface area (Å²) in [6.07, 6.45) is 1.69. The summed E-state index contributed by atoms with van der Waals surface area (Å²) in [5.74, 6) is -0.301. The van der Waals surface area contributed by atoms with Crippen LogP contribution in [0.3, 0.4) is 0 Å². The van der Waals surface area contributed by atoms with Crippen LogP contribution in [0.5, 0.6) is 0 Å². The molecule has 0 saturated heterocycles. The summed E-state index contributed by atoms with van der Waals surface area (Å²) in [4.78, 5) is 0. The van der Waals surface area contributed by atoms with Crippen LogP contribution in [0.1, 0.15) is 25.2 Å². The first-order valence-corrected chi connectivity index (χ1v) is 5.79. The minimum absolute atomic E-state index is 0.301. The van der Waals surface area contributed by atoms with Crippen molar-refractivity contribution in [2.45, 2.75) is 26.7 Å². The van der Waals surface area contributed by atoms with E-state index < -0.39 is 0 Å². The third-order valence-corrected chi connectivity index (χ3v) is 2.78. The van der Waals surface area contributed by atoms with Crippen molar-refractivity contribution in [2.24, 2.45) is 0 Å². The van der Waals surface area contributed by atoms with Crippen molar-refractivity contribution in [2.75, 3.05) is 5.73 Å². The van der Waals surface area contributed by atoms with E-state index in [0.29, 0.717) is 11.4 Å². The third-order valence-electron chi connectivity index (χ3n) is 2.78. The van der Waals surface area contributed by atoms with E-state index in [1.54, 1.807) is 10.7 Å². The number of anilines is 1. The van der Waals surface area contributed by atoms with Gasteiger partial charge in [0.1, 0.15) is 5.82 Å². The van der Waals surface area contributed by atoms with E-state index in [9.17, 15) is 4.39 Å². The van der Waals surface area contributed by atoms with Gasteiger partial charge in [-0.15, -0.1) is 0 Å². The molecule has 2 N–H and O–H groups in total. The van der Waals surface area contributed by atoms with Gasteiger partial charge >= 0.3 is 0 Å². The largest absolute Gasteiger partial charge is 0.397 e. The van der Waals surface area contributed by atoms with Crippen molar-refractivity contribution in [3.05, 3.63) is 41.5 Å². The summed E-state index contributed by atoms with van der Waals surface area (Å²) in [5.41, 5.74) is 9.05. The maximum Gasteiger partial charge on any atom is 0.125 e. The average molecular weight is 233 g/mol. The number of nitrogen functional groups attached to an aromatic ring is 1. The first-order chi connectivity index (χ1) is 8.15. The van der Waals surface area contributed by atoms with Crippen LogP contribution in [0, 0.1) is 5.82 Å². The summed E-state index contributed by atoms with van der Waals surface area (Å²) < 4.78 is 15.0. The minimum atomic E-state index is -0.301. The molecule has 0 radical (unpaired) electrons. The number of nitrogens with two attached hydrogens (primary N) is 1. The summed E-state index contributed by atoms with van der Waals surface area (Å²) in [7, 11) is 0. The first-order valence-electron chi connectivity index (χ1n) is 5.79. The highest BCUT2D eigenvalue weighted by Crippen LogP contribution is 2.21. The summed E-state index contributed by atoms with van der Waals surface area (Å²) >= 11 is 0. The molecule has 90 valence electrons. The third kappa shape index (κ3) is 2.16. The molecule has 0 atom stereocenters. The lowest BCUT2D eigenvalue weighted by molar-refractivity contribution is 0.625. The van der Waals surface area contributed by atoms with Gasteiger partial charge in [0.15, 0.2) is 0 Å². The van der Waals surface area contributed by atoms with Crippen LogP contribution in [0.25, 0.3) is 5.69 Å². The molecule has 4 heteroatoms. The first kappa shape index (κ1) is 11.6. The maximum atomic E-state index is 13.3. The molecule has 0 fully saturated rings. The number of aromatic nitrogens is 2. The molecule has 3 nitrogen and oxygen atoms in total. The van der Waals surface area contributed by atoms with Gasteiger partial charge in [0.05, 0.1) is 17.1 Å². The average Bonchev–Trinajstić information content (AvgIpc) is 2.75. The molecule has 2 rings (SSSR count). The molecule has 0 aliphatic carbocycles. The van der Waals surface area contributed by atoms with Crippen LogP contribution in [-0.4, -0.2) is 9.78 Å². The van der Waals surface area contributed by atoms with Crippen molar-refractivity contribution < 1.29 is 4.39 Å². The molecule has 17 heavy (non-hydrogen) atoms. The van der Waals surface area contributed by atoms with Gasteiger partial charge in [0, 0.05) is 11.8 Å². The van der Waals surface area contributed by atoms with E-state index in [1.165, 1.54) is 12.1 Å². The van der Waals surface area contributed by atoms with Gasteiger partial charge < -0.3 is 5.73 Å². The van der Waals surface area contributed by atoms with Crippen LogP contribution in [0.4, 0.5) is 10.1 Å².